The van der Waals surface area contributed by atoms with Gasteiger partial charge in [0.15, 0.2) is 6.10 Å². The van der Waals surface area contributed by atoms with Gasteiger partial charge in [-0.15, -0.1) is 0 Å². The van der Waals surface area contributed by atoms with E-state index >= 15 is 0 Å². The zero-order valence-corrected chi connectivity index (χ0v) is 16.5. The molecule has 9 heteroatoms. The third-order valence-corrected chi connectivity index (χ3v) is 5.36. The number of urea groups is 1. The van der Waals surface area contributed by atoms with Crippen LogP contribution < -0.4 is 10.6 Å². The molecule has 1 atom stereocenters. The first kappa shape index (κ1) is 20.1. The average molecular weight is 408 g/mol. The van der Waals surface area contributed by atoms with Crippen molar-refractivity contribution in [3.8, 4) is 0 Å². The van der Waals surface area contributed by atoms with Crippen molar-refractivity contribution in [1.82, 2.24) is 10.2 Å². The smallest absolute Gasteiger partial charge is 0.327 e. The molecule has 4 amide bonds. The predicted molar refractivity (Wildman–Crippen MR) is 102 cm³/mol. The van der Waals surface area contributed by atoms with E-state index in [9.17, 15) is 19.2 Å². The monoisotopic (exact) mass is 407 g/mol. The Kier molecular flexibility index (Phi) is 5.60. The molecule has 1 saturated heterocycles. The molecule has 3 rings (SSSR count). The van der Waals surface area contributed by atoms with E-state index in [0.717, 1.165) is 23.3 Å². The van der Waals surface area contributed by atoms with Gasteiger partial charge in [0.2, 0.25) is 0 Å². The fourth-order valence-corrected chi connectivity index (χ4v) is 3.69. The van der Waals surface area contributed by atoms with Gasteiger partial charge in [-0.3, -0.25) is 19.3 Å². The van der Waals surface area contributed by atoms with Crippen LogP contribution in [0, 0.1) is 6.92 Å². The lowest BCUT2D eigenvalue weighted by Crippen LogP contribution is -2.44. The van der Waals surface area contributed by atoms with Gasteiger partial charge in [-0.2, -0.15) is 0 Å². The number of benzene rings is 1. The molecule has 1 aromatic rings. The second-order valence-corrected chi connectivity index (χ2v) is 7.63. The zero-order chi connectivity index (χ0) is 20.5. The summed E-state index contributed by atoms with van der Waals surface area (Å²) in [4.78, 5) is 50.0. The molecule has 1 aliphatic heterocycles. The highest BCUT2D eigenvalue weighted by atomic mass is 35.5. The summed E-state index contributed by atoms with van der Waals surface area (Å²) in [6, 6.07) is 4.45. The normalized spacial score (nSPS) is 18.9. The average Bonchev–Trinajstić information content (AvgIpc) is 3.19. The predicted octanol–water partition coefficient (Wildman–Crippen LogP) is 2.38. The number of carbonyl (C=O) groups excluding carboxylic acids is 4. The zero-order valence-electron chi connectivity index (χ0n) is 15.7. The van der Waals surface area contributed by atoms with E-state index in [-0.39, 0.29) is 0 Å². The number of nitrogens with one attached hydrogen (secondary N) is 2. The molecule has 2 N–H and O–H groups in total. The first-order valence-electron chi connectivity index (χ1n) is 9.12. The van der Waals surface area contributed by atoms with Crippen LogP contribution in [-0.2, 0) is 19.1 Å². The number of rotatable bonds is 5. The third-order valence-electron chi connectivity index (χ3n) is 5.13. The lowest BCUT2D eigenvalue weighted by Gasteiger charge is -2.20. The lowest BCUT2D eigenvalue weighted by molar-refractivity contribution is -0.155. The minimum atomic E-state index is -1.10. The van der Waals surface area contributed by atoms with E-state index in [1.807, 2.05) is 0 Å². The third kappa shape index (κ3) is 3.96. The topological polar surface area (TPSA) is 105 Å². The summed E-state index contributed by atoms with van der Waals surface area (Å²) in [5.74, 6) is -1.77. The highest BCUT2D eigenvalue weighted by Gasteiger charge is 2.52. The van der Waals surface area contributed by atoms with E-state index < -0.39 is 42.0 Å². The summed E-state index contributed by atoms with van der Waals surface area (Å²) in [5.41, 5.74) is 0.430. The van der Waals surface area contributed by atoms with Crippen LogP contribution in [0.4, 0.5) is 10.5 Å². The quantitative estimate of drug-likeness (QED) is 0.576. The van der Waals surface area contributed by atoms with Gasteiger partial charge in [0.1, 0.15) is 12.1 Å². The number of halogens is 1. The molecular formula is C19H22ClN3O5. The Hall–Kier alpha value is -2.61. The van der Waals surface area contributed by atoms with Crippen molar-refractivity contribution in [1.29, 1.82) is 0 Å². The number of aryl methyl sites for hydroxylation is 1. The molecular weight excluding hydrogens is 386 g/mol. The van der Waals surface area contributed by atoms with E-state index in [4.69, 9.17) is 16.3 Å². The number of nitrogens with zero attached hydrogens (tertiary/aromatic N) is 1. The Balaban J connectivity index is 1.57. The molecule has 1 heterocycles. The number of imide groups is 1. The van der Waals surface area contributed by atoms with Crippen LogP contribution in [0.25, 0.3) is 0 Å². The van der Waals surface area contributed by atoms with Crippen LogP contribution in [0.15, 0.2) is 18.2 Å². The van der Waals surface area contributed by atoms with Gasteiger partial charge in [0.25, 0.3) is 11.8 Å². The number of carbonyl (C=O) groups is 4. The maximum atomic E-state index is 12.5. The maximum Gasteiger partial charge on any atom is 0.327 e. The summed E-state index contributed by atoms with van der Waals surface area (Å²) < 4.78 is 5.11. The fourth-order valence-electron chi connectivity index (χ4n) is 3.52. The number of ether oxygens (including phenoxy) is 1. The van der Waals surface area contributed by atoms with Crippen molar-refractivity contribution in [2.75, 3.05) is 11.9 Å². The molecule has 0 bridgehead atoms. The number of esters is 1. The van der Waals surface area contributed by atoms with Crippen molar-refractivity contribution < 1.29 is 23.9 Å². The number of hydrogen-bond donors (Lipinski definition) is 2. The highest BCUT2D eigenvalue weighted by molar-refractivity contribution is 6.31. The van der Waals surface area contributed by atoms with Crippen molar-refractivity contribution in [3.63, 3.8) is 0 Å². The Labute approximate surface area is 167 Å². The highest BCUT2D eigenvalue weighted by Crippen LogP contribution is 2.34. The summed E-state index contributed by atoms with van der Waals surface area (Å²) in [6.45, 7) is 2.69. The van der Waals surface area contributed by atoms with E-state index in [1.54, 1.807) is 25.1 Å². The maximum absolute atomic E-state index is 12.5. The van der Waals surface area contributed by atoms with Gasteiger partial charge < -0.3 is 15.4 Å². The molecule has 1 saturated carbocycles. The first-order chi connectivity index (χ1) is 13.2. The summed E-state index contributed by atoms with van der Waals surface area (Å²) in [7, 11) is 0. The van der Waals surface area contributed by atoms with E-state index in [1.165, 1.54) is 6.92 Å². The van der Waals surface area contributed by atoms with Gasteiger partial charge in [-0.1, -0.05) is 30.5 Å². The van der Waals surface area contributed by atoms with Crippen molar-refractivity contribution in [3.05, 3.63) is 28.8 Å². The molecule has 28 heavy (non-hydrogen) atoms. The minimum Gasteiger partial charge on any atom is -0.451 e. The largest absolute Gasteiger partial charge is 0.451 e. The summed E-state index contributed by atoms with van der Waals surface area (Å²) in [6.07, 6.45) is 1.74. The molecule has 2 fully saturated rings. The molecule has 0 radical (unpaired) electrons. The minimum absolute atomic E-state index is 0.404. The van der Waals surface area contributed by atoms with Crippen molar-refractivity contribution in [2.24, 2.45) is 0 Å². The van der Waals surface area contributed by atoms with Crippen molar-refractivity contribution >= 4 is 41.1 Å². The van der Waals surface area contributed by atoms with Crippen LogP contribution in [-0.4, -0.2) is 46.9 Å². The van der Waals surface area contributed by atoms with Crippen LogP contribution in [0.5, 0.6) is 0 Å². The van der Waals surface area contributed by atoms with Gasteiger partial charge in [-0.05, 0) is 44.4 Å². The SMILES string of the molecule is Cc1ccc(Cl)cc1NC(=O)[C@@H](C)OC(=O)CN1C(=O)NC2(CCCC2)C1=O. The molecule has 1 spiro atoms. The second-order valence-electron chi connectivity index (χ2n) is 7.19. The van der Waals surface area contributed by atoms with Gasteiger partial charge in [0.05, 0.1) is 0 Å². The van der Waals surface area contributed by atoms with Gasteiger partial charge in [-0.25, -0.2) is 4.79 Å². The summed E-state index contributed by atoms with van der Waals surface area (Å²) >= 11 is 5.93. The van der Waals surface area contributed by atoms with E-state index in [2.05, 4.69) is 10.6 Å². The number of hydrogen-bond acceptors (Lipinski definition) is 5. The number of anilines is 1. The molecule has 150 valence electrons. The molecule has 1 aromatic carbocycles. The molecule has 0 unspecified atom stereocenters. The van der Waals surface area contributed by atoms with E-state index in [0.29, 0.717) is 23.6 Å². The molecule has 1 aliphatic carbocycles. The molecule has 2 aliphatic rings. The Morgan fingerprint density at radius 2 is 2.00 bits per heavy atom. The van der Waals surface area contributed by atoms with Gasteiger partial charge in [0, 0.05) is 10.7 Å². The first-order valence-corrected chi connectivity index (χ1v) is 9.50. The summed E-state index contributed by atoms with van der Waals surface area (Å²) in [5, 5.41) is 5.80. The second kappa shape index (κ2) is 7.79. The fraction of sp³-hybridized carbons (Fsp3) is 0.474. The van der Waals surface area contributed by atoms with Crippen LogP contribution in [0.1, 0.15) is 38.2 Å². The van der Waals surface area contributed by atoms with Crippen LogP contribution in [0.3, 0.4) is 0 Å². The van der Waals surface area contributed by atoms with Crippen LogP contribution >= 0.6 is 11.6 Å². The lowest BCUT2D eigenvalue weighted by atomic mass is 9.98. The van der Waals surface area contributed by atoms with Crippen LogP contribution in [0.2, 0.25) is 5.02 Å². The Bertz CT molecular complexity index is 835. The Morgan fingerprint density at radius 1 is 1.32 bits per heavy atom. The molecule has 8 nitrogen and oxygen atoms in total. The standard InChI is InChI=1S/C19H22ClN3O5/c1-11-5-6-13(20)9-14(11)21-16(25)12(2)28-15(24)10-23-17(26)19(22-18(23)27)7-3-4-8-19/h5-6,9,12H,3-4,7-8,10H2,1-2H3,(H,21,25)(H,22,27)/t12-/m1/s1. The Morgan fingerprint density at radius 3 is 2.68 bits per heavy atom. The number of amides is 4. The van der Waals surface area contributed by atoms with Gasteiger partial charge >= 0.3 is 12.0 Å². The van der Waals surface area contributed by atoms with Crippen molar-refractivity contribution in [2.45, 2.75) is 51.2 Å². The molecule has 0 aromatic heterocycles.